The average molecular weight is 566 g/mol. The van der Waals surface area contributed by atoms with Crippen LogP contribution in [-0.2, 0) is 32.6 Å². The minimum Gasteiger partial charge on any atom is -0.494 e. The molecule has 1 atom stereocenters. The largest absolute Gasteiger partial charge is 0.494 e. The van der Waals surface area contributed by atoms with Gasteiger partial charge in [-0.3, -0.25) is 13.9 Å². The van der Waals surface area contributed by atoms with Gasteiger partial charge in [0.2, 0.25) is 21.8 Å². The van der Waals surface area contributed by atoms with Crippen molar-refractivity contribution >= 4 is 27.5 Å². The monoisotopic (exact) mass is 565 g/mol. The number of anilines is 1. The molecule has 40 heavy (non-hydrogen) atoms. The molecule has 0 bridgehead atoms. The third-order valence-electron chi connectivity index (χ3n) is 6.71. The minimum absolute atomic E-state index is 0.0806. The lowest BCUT2D eigenvalue weighted by molar-refractivity contribution is -0.141. The fourth-order valence-electron chi connectivity index (χ4n) is 4.57. The van der Waals surface area contributed by atoms with Crippen LogP contribution in [0, 0.1) is 6.92 Å². The van der Waals surface area contributed by atoms with Gasteiger partial charge in [-0.2, -0.15) is 0 Å². The lowest BCUT2D eigenvalue weighted by atomic mass is 10.0. The number of hydrogen-bond acceptors (Lipinski definition) is 5. The number of carbonyl (C=O) groups is 2. The Hall–Kier alpha value is -3.85. The number of amides is 2. The standard InChI is InChI=1S/C31H39N3O5S/c1-5-39-28-19-17-27(18-20-28)34(40(4,37)38)21-11-16-30(35)33(23-26-15-10-9-12-24(26)2)29(31(36)32-3)22-25-13-7-6-8-14-25/h6-10,12-15,17-20,29H,5,11,16,21-23H2,1-4H3,(H,32,36)/t29-/m0/s1. The zero-order valence-corrected chi connectivity index (χ0v) is 24.5. The lowest BCUT2D eigenvalue weighted by Crippen LogP contribution is -2.50. The fraction of sp³-hybridized carbons (Fsp3) is 0.355. The summed E-state index contributed by atoms with van der Waals surface area (Å²) in [6.07, 6.45) is 1.88. The van der Waals surface area contributed by atoms with Gasteiger partial charge in [0.25, 0.3) is 0 Å². The highest BCUT2D eigenvalue weighted by atomic mass is 32.2. The molecule has 0 saturated carbocycles. The second-order valence-electron chi connectivity index (χ2n) is 9.63. The van der Waals surface area contributed by atoms with E-state index in [1.165, 1.54) is 4.31 Å². The molecule has 214 valence electrons. The maximum absolute atomic E-state index is 13.8. The van der Waals surface area contributed by atoms with Gasteiger partial charge in [0.05, 0.1) is 18.6 Å². The summed E-state index contributed by atoms with van der Waals surface area (Å²) in [4.78, 5) is 28.5. The Kier molecular flexibility index (Phi) is 11.1. The van der Waals surface area contributed by atoms with Crippen LogP contribution in [0.25, 0.3) is 0 Å². The van der Waals surface area contributed by atoms with E-state index in [0.717, 1.165) is 22.9 Å². The fourth-order valence-corrected chi connectivity index (χ4v) is 5.54. The van der Waals surface area contributed by atoms with Gasteiger partial charge in [-0.15, -0.1) is 0 Å². The zero-order chi connectivity index (χ0) is 29.1. The van der Waals surface area contributed by atoms with Crippen molar-refractivity contribution < 1.29 is 22.7 Å². The summed E-state index contributed by atoms with van der Waals surface area (Å²) in [5.74, 6) is 0.186. The molecule has 0 radical (unpaired) electrons. The number of sulfonamides is 1. The molecule has 0 spiro atoms. The van der Waals surface area contributed by atoms with Crippen molar-refractivity contribution in [3.8, 4) is 5.75 Å². The third-order valence-corrected chi connectivity index (χ3v) is 7.90. The molecule has 3 rings (SSSR count). The Balaban J connectivity index is 1.83. The molecule has 0 aliphatic heterocycles. The first-order valence-electron chi connectivity index (χ1n) is 13.4. The predicted octanol–water partition coefficient (Wildman–Crippen LogP) is 4.33. The van der Waals surface area contributed by atoms with Crippen LogP contribution >= 0.6 is 0 Å². The maximum atomic E-state index is 13.8. The molecule has 3 aromatic rings. The molecule has 1 N–H and O–H groups in total. The van der Waals surface area contributed by atoms with Gasteiger partial charge in [0, 0.05) is 33.0 Å². The second kappa shape index (κ2) is 14.5. The molecular weight excluding hydrogens is 526 g/mol. The van der Waals surface area contributed by atoms with Crippen LogP contribution < -0.4 is 14.4 Å². The molecule has 0 fully saturated rings. The van der Waals surface area contributed by atoms with Crippen molar-refractivity contribution in [2.24, 2.45) is 0 Å². The van der Waals surface area contributed by atoms with Crippen molar-refractivity contribution in [2.45, 2.75) is 45.7 Å². The lowest BCUT2D eigenvalue weighted by Gasteiger charge is -2.32. The summed E-state index contributed by atoms with van der Waals surface area (Å²) in [6, 6.07) is 23.5. The highest BCUT2D eigenvalue weighted by Gasteiger charge is 2.30. The third kappa shape index (κ3) is 8.58. The van der Waals surface area contributed by atoms with E-state index in [1.54, 1.807) is 36.2 Å². The maximum Gasteiger partial charge on any atom is 0.242 e. The van der Waals surface area contributed by atoms with E-state index in [-0.39, 0.29) is 37.7 Å². The van der Waals surface area contributed by atoms with Crippen LogP contribution in [0.3, 0.4) is 0 Å². The van der Waals surface area contributed by atoms with Gasteiger partial charge >= 0.3 is 0 Å². The number of rotatable bonds is 14. The van der Waals surface area contributed by atoms with Crippen LogP contribution in [0.5, 0.6) is 5.75 Å². The Morgan fingerprint density at radius 2 is 1.60 bits per heavy atom. The summed E-state index contributed by atoms with van der Waals surface area (Å²) in [5.41, 5.74) is 3.42. The number of likely N-dealkylation sites (N-methyl/N-ethyl adjacent to an activating group) is 1. The second-order valence-corrected chi connectivity index (χ2v) is 11.5. The molecule has 9 heteroatoms. The van der Waals surface area contributed by atoms with E-state index >= 15 is 0 Å². The highest BCUT2D eigenvalue weighted by Crippen LogP contribution is 2.23. The smallest absolute Gasteiger partial charge is 0.242 e. The first-order valence-corrected chi connectivity index (χ1v) is 15.3. The zero-order valence-electron chi connectivity index (χ0n) is 23.7. The Morgan fingerprint density at radius 3 is 2.20 bits per heavy atom. The number of nitrogens with one attached hydrogen (secondary N) is 1. The minimum atomic E-state index is -3.59. The van der Waals surface area contributed by atoms with Crippen molar-refractivity contribution in [1.82, 2.24) is 10.2 Å². The van der Waals surface area contributed by atoms with E-state index < -0.39 is 16.1 Å². The van der Waals surface area contributed by atoms with E-state index in [2.05, 4.69) is 5.32 Å². The van der Waals surface area contributed by atoms with E-state index in [4.69, 9.17) is 4.74 Å². The summed E-state index contributed by atoms with van der Waals surface area (Å²) in [7, 11) is -2.02. The molecule has 0 heterocycles. The molecule has 0 aliphatic carbocycles. The normalized spacial score (nSPS) is 11.9. The van der Waals surface area contributed by atoms with Crippen LogP contribution in [-0.4, -0.2) is 57.6 Å². The molecule has 2 amide bonds. The Morgan fingerprint density at radius 1 is 0.950 bits per heavy atom. The summed E-state index contributed by atoms with van der Waals surface area (Å²) < 4.78 is 32.0. The van der Waals surface area contributed by atoms with Crippen LogP contribution in [0.15, 0.2) is 78.9 Å². The number of benzene rings is 3. The number of ether oxygens (including phenoxy) is 1. The van der Waals surface area contributed by atoms with E-state index in [1.807, 2.05) is 68.4 Å². The topological polar surface area (TPSA) is 96.0 Å². The molecule has 3 aromatic carbocycles. The highest BCUT2D eigenvalue weighted by molar-refractivity contribution is 7.92. The number of carbonyl (C=O) groups excluding carboxylic acids is 2. The van der Waals surface area contributed by atoms with Gasteiger partial charge < -0.3 is 15.0 Å². The van der Waals surface area contributed by atoms with E-state index in [0.29, 0.717) is 24.5 Å². The molecule has 8 nitrogen and oxygen atoms in total. The number of hydrogen-bond donors (Lipinski definition) is 1. The van der Waals surface area contributed by atoms with Crippen molar-refractivity contribution in [3.63, 3.8) is 0 Å². The number of aryl methyl sites for hydroxylation is 1. The molecule has 0 unspecified atom stereocenters. The van der Waals surface area contributed by atoms with E-state index in [9.17, 15) is 18.0 Å². The van der Waals surface area contributed by atoms with Crippen LogP contribution in [0.1, 0.15) is 36.5 Å². The number of nitrogens with zero attached hydrogens (tertiary/aromatic N) is 2. The first-order chi connectivity index (χ1) is 19.1. The van der Waals surface area contributed by atoms with Crippen molar-refractivity contribution in [3.05, 3.63) is 95.6 Å². The van der Waals surface area contributed by atoms with Gasteiger partial charge in [-0.25, -0.2) is 8.42 Å². The van der Waals surface area contributed by atoms with Gasteiger partial charge in [0.15, 0.2) is 0 Å². The Labute approximate surface area is 238 Å². The summed E-state index contributed by atoms with van der Waals surface area (Å²) in [6.45, 7) is 4.76. The molecule has 0 aliphatic rings. The van der Waals surface area contributed by atoms with Gasteiger partial charge in [-0.05, 0) is 61.2 Å². The average Bonchev–Trinajstić information content (AvgIpc) is 2.94. The summed E-state index contributed by atoms with van der Waals surface area (Å²) >= 11 is 0. The van der Waals surface area contributed by atoms with Crippen LogP contribution in [0.4, 0.5) is 5.69 Å². The summed E-state index contributed by atoms with van der Waals surface area (Å²) in [5, 5.41) is 2.72. The molecule has 0 aromatic heterocycles. The van der Waals surface area contributed by atoms with Crippen LogP contribution in [0.2, 0.25) is 0 Å². The van der Waals surface area contributed by atoms with Gasteiger partial charge in [0.1, 0.15) is 11.8 Å². The molecule has 0 saturated heterocycles. The quantitative estimate of drug-likeness (QED) is 0.314. The molecular formula is C31H39N3O5S. The Bertz CT molecular complexity index is 1360. The SMILES string of the molecule is CCOc1ccc(N(CCCC(=O)N(Cc2ccccc2C)[C@@H](Cc2ccccc2)C(=O)NC)S(C)(=O)=O)cc1. The van der Waals surface area contributed by atoms with Gasteiger partial charge in [-0.1, -0.05) is 54.6 Å². The first kappa shape index (κ1) is 30.7. The van der Waals surface area contributed by atoms with Crippen molar-refractivity contribution in [2.75, 3.05) is 30.8 Å². The van der Waals surface area contributed by atoms with Crippen molar-refractivity contribution in [1.29, 1.82) is 0 Å². The predicted molar refractivity (Wildman–Crippen MR) is 159 cm³/mol.